The van der Waals surface area contributed by atoms with E-state index in [1.165, 1.54) is 24.8 Å². The number of rotatable bonds is 8. The fraction of sp³-hybridized carbons (Fsp3) is 0.818. The van der Waals surface area contributed by atoms with Crippen LogP contribution in [0.4, 0.5) is 0 Å². The van der Waals surface area contributed by atoms with Crippen LogP contribution >= 0.6 is 0 Å². The van der Waals surface area contributed by atoms with Gasteiger partial charge < -0.3 is 11.4 Å². The summed E-state index contributed by atoms with van der Waals surface area (Å²) in [4.78, 5) is 23.0. The average molecular weight is 255 g/mol. The first kappa shape index (κ1) is 18.9. The first-order valence-electron chi connectivity index (χ1n) is 5.53. The molecule has 90 valence electrons. The average Bonchev–Trinajstić information content (AvgIpc) is 2.16. The summed E-state index contributed by atoms with van der Waals surface area (Å²) < 4.78 is 0. The quantitative estimate of drug-likeness (QED) is 0.447. The van der Waals surface area contributed by atoms with Crippen molar-refractivity contribution in [1.29, 1.82) is 0 Å². The zero-order valence-electron chi connectivity index (χ0n) is 11.7. The second kappa shape index (κ2) is 12.0. The second-order valence-corrected chi connectivity index (χ2v) is 3.81. The fourth-order valence-corrected chi connectivity index (χ4v) is 1.36. The van der Waals surface area contributed by atoms with Crippen molar-refractivity contribution in [3.8, 4) is 0 Å². The van der Waals surface area contributed by atoms with E-state index in [0.717, 1.165) is 19.3 Å². The molecule has 0 radical (unpaired) electrons. The maximum atomic E-state index is 11.4. The van der Waals surface area contributed by atoms with Gasteiger partial charge >= 0.3 is 57.4 Å². The van der Waals surface area contributed by atoms with Crippen LogP contribution in [0.15, 0.2) is 0 Å². The van der Waals surface area contributed by atoms with Gasteiger partial charge in [0.25, 0.3) is 0 Å². The first-order valence-corrected chi connectivity index (χ1v) is 5.53. The van der Waals surface area contributed by atoms with Crippen molar-refractivity contribution in [2.45, 2.75) is 45.4 Å². The van der Waals surface area contributed by atoms with E-state index in [1.54, 1.807) is 0 Å². The monoisotopic (exact) mass is 255 g/mol. The standard InChI is InChI=1S/C11H21NO3.K.H/c1-3-4-5-6-7-8-10(13)12(2)9-11(14)15;;/h3-9H2,1-2H3,(H,14,15);;/q;+1;-1. The third-order valence-electron chi connectivity index (χ3n) is 2.29. The molecule has 0 aliphatic carbocycles. The Kier molecular flexibility index (Phi) is 14.2. The topological polar surface area (TPSA) is 57.6 Å². The molecule has 0 heterocycles. The SMILES string of the molecule is CCCCCCCC(=O)N(C)CC(=O)O.[H-].[K+]. The van der Waals surface area contributed by atoms with E-state index < -0.39 is 5.97 Å². The number of nitrogens with zero attached hydrogens (tertiary/aromatic N) is 1. The molecule has 0 bridgehead atoms. The van der Waals surface area contributed by atoms with Crippen LogP contribution < -0.4 is 51.4 Å². The van der Waals surface area contributed by atoms with Gasteiger partial charge in [-0.2, -0.15) is 0 Å². The molecule has 0 spiro atoms. The number of carbonyl (C=O) groups excluding carboxylic acids is 1. The minimum atomic E-state index is -0.961. The minimum Gasteiger partial charge on any atom is -1.00 e. The molecule has 16 heavy (non-hydrogen) atoms. The Morgan fingerprint density at radius 1 is 1.19 bits per heavy atom. The molecule has 0 atom stereocenters. The zero-order valence-corrected chi connectivity index (χ0v) is 13.8. The van der Waals surface area contributed by atoms with Crippen molar-refractivity contribution in [1.82, 2.24) is 4.90 Å². The molecular formula is C11H22KNO3. The van der Waals surface area contributed by atoms with Crippen LogP contribution in [-0.2, 0) is 9.59 Å². The van der Waals surface area contributed by atoms with Crippen molar-refractivity contribution in [2.75, 3.05) is 13.6 Å². The van der Waals surface area contributed by atoms with Gasteiger partial charge in [0.2, 0.25) is 5.91 Å². The Labute approximate surface area is 142 Å². The molecule has 0 aromatic carbocycles. The summed E-state index contributed by atoms with van der Waals surface area (Å²) in [5, 5.41) is 8.48. The van der Waals surface area contributed by atoms with E-state index in [9.17, 15) is 9.59 Å². The predicted molar refractivity (Wildman–Crippen MR) is 59.8 cm³/mol. The molecule has 0 fully saturated rings. The molecule has 5 heteroatoms. The Morgan fingerprint density at radius 3 is 2.25 bits per heavy atom. The Balaban J connectivity index is -0.000000980. The van der Waals surface area contributed by atoms with Crippen molar-refractivity contribution < 1.29 is 67.5 Å². The van der Waals surface area contributed by atoms with E-state index in [1.807, 2.05) is 0 Å². The van der Waals surface area contributed by atoms with Crippen LogP contribution in [0.1, 0.15) is 46.9 Å². The van der Waals surface area contributed by atoms with Gasteiger partial charge in [-0.1, -0.05) is 32.6 Å². The molecule has 0 saturated carbocycles. The van der Waals surface area contributed by atoms with Crippen LogP contribution in [0.2, 0.25) is 0 Å². The number of hydrogen-bond acceptors (Lipinski definition) is 2. The van der Waals surface area contributed by atoms with Crippen LogP contribution in [-0.4, -0.2) is 35.5 Å². The molecule has 4 nitrogen and oxygen atoms in total. The molecule has 0 aromatic rings. The molecule has 0 aliphatic heterocycles. The van der Waals surface area contributed by atoms with Gasteiger partial charge in [0, 0.05) is 13.5 Å². The summed E-state index contributed by atoms with van der Waals surface area (Å²) in [6.45, 7) is 1.94. The van der Waals surface area contributed by atoms with Crippen molar-refractivity contribution in [3.63, 3.8) is 0 Å². The molecule has 1 amide bonds. The largest absolute Gasteiger partial charge is 1.00 e. The van der Waals surface area contributed by atoms with E-state index >= 15 is 0 Å². The molecular weight excluding hydrogens is 233 g/mol. The maximum Gasteiger partial charge on any atom is 1.00 e. The van der Waals surface area contributed by atoms with E-state index in [0.29, 0.717) is 6.42 Å². The summed E-state index contributed by atoms with van der Waals surface area (Å²) in [6.07, 6.45) is 5.94. The number of carboxylic acids is 1. The minimum absolute atomic E-state index is 0. The normalized spacial score (nSPS) is 9.38. The molecule has 0 saturated heterocycles. The van der Waals surface area contributed by atoms with Crippen LogP contribution in [0.3, 0.4) is 0 Å². The van der Waals surface area contributed by atoms with Crippen molar-refractivity contribution in [2.24, 2.45) is 0 Å². The van der Waals surface area contributed by atoms with Gasteiger partial charge in [-0.3, -0.25) is 9.59 Å². The number of hydrogen-bond donors (Lipinski definition) is 1. The third kappa shape index (κ3) is 11.1. The van der Waals surface area contributed by atoms with Crippen molar-refractivity contribution in [3.05, 3.63) is 0 Å². The Bertz CT molecular complexity index is 215. The summed E-state index contributed by atoms with van der Waals surface area (Å²) in [5.74, 6) is -1.04. The number of unbranched alkanes of at least 4 members (excludes halogenated alkanes) is 4. The number of amides is 1. The van der Waals surface area contributed by atoms with Gasteiger partial charge in [-0.15, -0.1) is 0 Å². The predicted octanol–water partition coefficient (Wildman–Crippen LogP) is -0.994. The Morgan fingerprint density at radius 2 is 1.75 bits per heavy atom. The summed E-state index contributed by atoms with van der Waals surface area (Å²) >= 11 is 0. The second-order valence-electron chi connectivity index (χ2n) is 3.81. The number of carbonyl (C=O) groups is 2. The molecule has 0 rings (SSSR count). The summed E-state index contributed by atoms with van der Waals surface area (Å²) in [6, 6.07) is 0. The number of aliphatic carboxylic acids is 1. The van der Waals surface area contributed by atoms with Crippen molar-refractivity contribution >= 4 is 11.9 Å². The van der Waals surface area contributed by atoms with Gasteiger partial charge in [0.15, 0.2) is 0 Å². The van der Waals surface area contributed by atoms with Gasteiger partial charge in [-0.05, 0) is 6.42 Å². The van der Waals surface area contributed by atoms with Crippen LogP contribution in [0, 0.1) is 0 Å². The molecule has 0 unspecified atom stereocenters. The maximum absolute atomic E-state index is 11.4. The smallest absolute Gasteiger partial charge is 1.00 e. The summed E-state index contributed by atoms with van der Waals surface area (Å²) in [7, 11) is 1.53. The van der Waals surface area contributed by atoms with Gasteiger partial charge in [0.05, 0.1) is 0 Å². The third-order valence-corrected chi connectivity index (χ3v) is 2.29. The summed E-state index contributed by atoms with van der Waals surface area (Å²) in [5.41, 5.74) is 0. The van der Waals surface area contributed by atoms with E-state index in [-0.39, 0.29) is 65.3 Å². The van der Waals surface area contributed by atoms with Crippen LogP contribution in [0.5, 0.6) is 0 Å². The van der Waals surface area contributed by atoms with Gasteiger partial charge in [-0.25, -0.2) is 0 Å². The zero-order chi connectivity index (χ0) is 11.7. The van der Waals surface area contributed by atoms with E-state index in [2.05, 4.69) is 6.92 Å². The molecule has 0 aliphatic rings. The molecule has 1 N–H and O–H groups in total. The number of carboxylic acid groups (broad SMARTS) is 1. The fourth-order valence-electron chi connectivity index (χ4n) is 1.36. The van der Waals surface area contributed by atoms with Crippen LogP contribution in [0.25, 0.3) is 0 Å². The first-order chi connectivity index (χ1) is 7.07. The molecule has 0 aromatic heterocycles. The Hall–Kier alpha value is 0.576. The van der Waals surface area contributed by atoms with Gasteiger partial charge in [0.1, 0.15) is 6.54 Å². The number of likely N-dealkylation sites (N-methyl/N-ethyl adjacent to an activating group) is 1. The van der Waals surface area contributed by atoms with E-state index in [4.69, 9.17) is 5.11 Å².